The first-order valence-corrected chi connectivity index (χ1v) is 13.7. The zero-order valence-corrected chi connectivity index (χ0v) is 21.7. The number of ketones is 1. The van der Waals surface area contributed by atoms with Crippen molar-refractivity contribution in [3.05, 3.63) is 12.2 Å². The average molecular weight is 441 g/mol. The van der Waals surface area contributed by atoms with E-state index in [1.165, 1.54) is 51.4 Å². The maximum Gasteiger partial charge on any atom is 0.157 e. The summed E-state index contributed by atoms with van der Waals surface area (Å²) in [6.45, 7) is 18.2. The van der Waals surface area contributed by atoms with E-state index < -0.39 is 0 Å². The Labute approximate surface area is 197 Å². The van der Waals surface area contributed by atoms with Crippen molar-refractivity contribution in [2.75, 3.05) is 0 Å². The van der Waals surface area contributed by atoms with E-state index in [2.05, 4.69) is 41.2 Å². The van der Waals surface area contributed by atoms with E-state index in [4.69, 9.17) is 0 Å². The number of carbonyl (C=O) groups is 1. The molecule has 0 aliphatic heterocycles. The number of rotatable bonds is 5. The van der Waals surface area contributed by atoms with E-state index >= 15 is 0 Å². The van der Waals surface area contributed by atoms with Crippen LogP contribution in [0.1, 0.15) is 112 Å². The Kier molecular flexibility index (Phi) is 5.03. The molecule has 9 unspecified atom stereocenters. The molecule has 1 N–H and O–H groups in total. The number of Topliss-reactive ketones (excluding diaryl/α,β-unsaturated/α-hetero) is 1. The van der Waals surface area contributed by atoms with Gasteiger partial charge in [0.05, 0.1) is 6.10 Å². The molecule has 0 aromatic carbocycles. The van der Waals surface area contributed by atoms with Crippen LogP contribution in [0.5, 0.6) is 0 Å². The standard InChI is InChI=1S/C30H48O2/c1-19(2)22(31)9-8-20(3)21-12-14-28(7)24-11-10-23-26(4,5)25(32)13-15-29(23)18-30(24,29)17-16-27(21,28)6/h20-21,23-25,32H,1,8-18H2,2-7H3. The van der Waals surface area contributed by atoms with E-state index in [0.717, 1.165) is 30.3 Å². The maximum absolute atomic E-state index is 12.2. The van der Waals surface area contributed by atoms with E-state index in [-0.39, 0.29) is 17.3 Å². The van der Waals surface area contributed by atoms with Gasteiger partial charge in [-0.1, -0.05) is 41.2 Å². The molecule has 5 aliphatic carbocycles. The van der Waals surface area contributed by atoms with Crippen LogP contribution in [-0.4, -0.2) is 17.0 Å². The summed E-state index contributed by atoms with van der Waals surface area (Å²) in [6.07, 6.45) is 13.6. The molecule has 5 aliphatic rings. The summed E-state index contributed by atoms with van der Waals surface area (Å²) in [5, 5.41) is 10.8. The van der Waals surface area contributed by atoms with Gasteiger partial charge in [0.25, 0.3) is 0 Å². The maximum atomic E-state index is 12.2. The van der Waals surface area contributed by atoms with Gasteiger partial charge in [0, 0.05) is 6.42 Å². The lowest BCUT2D eigenvalue weighted by atomic mass is 9.41. The van der Waals surface area contributed by atoms with Crippen molar-refractivity contribution in [1.29, 1.82) is 0 Å². The third-order valence-corrected chi connectivity index (χ3v) is 13.1. The molecule has 0 amide bonds. The van der Waals surface area contributed by atoms with Crippen molar-refractivity contribution < 1.29 is 9.90 Å². The van der Waals surface area contributed by atoms with E-state index in [1.54, 1.807) is 0 Å². The van der Waals surface area contributed by atoms with Crippen LogP contribution in [0.25, 0.3) is 0 Å². The van der Waals surface area contributed by atoms with Gasteiger partial charge >= 0.3 is 0 Å². The quantitative estimate of drug-likeness (QED) is 0.454. The second kappa shape index (κ2) is 6.96. The number of aliphatic hydroxyl groups is 1. The zero-order chi connectivity index (χ0) is 23.3. The lowest BCUT2D eigenvalue weighted by molar-refractivity contribution is -0.161. The second-order valence-electron chi connectivity index (χ2n) is 14.2. The highest BCUT2D eigenvalue weighted by atomic mass is 16.3. The van der Waals surface area contributed by atoms with Gasteiger partial charge in [0.2, 0.25) is 0 Å². The third kappa shape index (κ3) is 2.65. The summed E-state index contributed by atoms with van der Waals surface area (Å²) in [4.78, 5) is 12.2. The third-order valence-electron chi connectivity index (χ3n) is 13.1. The Balaban J connectivity index is 1.39. The van der Waals surface area contributed by atoms with Crippen LogP contribution in [0.2, 0.25) is 0 Å². The predicted molar refractivity (Wildman–Crippen MR) is 131 cm³/mol. The fraction of sp³-hybridized carbons (Fsp3) is 0.900. The fourth-order valence-electron chi connectivity index (χ4n) is 11.1. The van der Waals surface area contributed by atoms with Crippen molar-refractivity contribution in [1.82, 2.24) is 0 Å². The number of fused-ring (bicyclic) bond motifs is 2. The predicted octanol–water partition coefficient (Wildman–Crippen LogP) is 7.35. The Morgan fingerprint density at radius 3 is 2.28 bits per heavy atom. The van der Waals surface area contributed by atoms with Gasteiger partial charge in [-0.25, -0.2) is 0 Å². The van der Waals surface area contributed by atoms with Gasteiger partial charge < -0.3 is 5.11 Å². The summed E-state index contributed by atoms with van der Waals surface area (Å²) < 4.78 is 0. The molecule has 0 saturated heterocycles. The molecule has 0 aromatic rings. The Morgan fingerprint density at radius 2 is 1.59 bits per heavy atom. The molecular weight excluding hydrogens is 392 g/mol. The highest BCUT2D eigenvalue weighted by molar-refractivity contribution is 5.94. The van der Waals surface area contributed by atoms with E-state index in [9.17, 15) is 9.90 Å². The van der Waals surface area contributed by atoms with Gasteiger partial charge in [0.15, 0.2) is 5.78 Å². The van der Waals surface area contributed by atoms with Crippen molar-refractivity contribution in [3.8, 4) is 0 Å². The molecule has 5 fully saturated rings. The van der Waals surface area contributed by atoms with Gasteiger partial charge in [-0.15, -0.1) is 0 Å². The van der Waals surface area contributed by atoms with Crippen molar-refractivity contribution >= 4 is 5.78 Å². The number of carbonyl (C=O) groups excluding carboxylic acids is 1. The normalized spacial score (nSPS) is 51.6. The monoisotopic (exact) mass is 440 g/mol. The largest absolute Gasteiger partial charge is 0.393 e. The molecule has 9 atom stereocenters. The van der Waals surface area contributed by atoms with Gasteiger partial charge in [-0.3, -0.25) is 4.79 Å². The van der Waals surface area contributed by atoms with Gasteiger partial charge in [0.1, 0.15) is 0 Å². The van der Waals surface area contributed by atoms with Crippen LogP contribution in [0.4, 0.5) is 0 Å². The van der Waals surface area contributed by atoms with Crippen LogP contribution in [-0.2, 0) is 4.79 Å². The smallest absolute Gasteiger partial charge is 0.157 e. The first kappa shape index (κ1) is 23.1. The Morgan fingerprint density at radius 1 is 0.938 bits per heavy atom. The summed E-state index contributed by atoms with van der Waals surface area (Å²) >= 11 is 0. The first-order chi connectivity index (χ1) is 14.9. The lowest BCUT2D eigenvalue weighted by Crippen LogP contribution is -2.57. The topological polar surface area (TPSA) is 37.3 Å². The Bertz CT molecular complexity index is 827. The van der Waals surface area contributed by atoms with Crippen LogP contribution >= 0.6 is 0 Å². The minimum Gasteiger partial charge on any atom is -0.393 e. The molecule has 0 aromatic heterocycles. The highest BCUT2D eigenvalue weighted by Crippen LogP contribution is 2.89. The van der Waals surface area contributed by atoms with Crippen molar-refractivity contribution in [3.63, 3.8) is 0 Å². The summed E-state index contributed by atoms with van der Waals surface area (Å²) in [6, 6.07) is 0. The molecular formula is C30H48O2. The number of hydrogen-bond acceptors (Lipinski definition) is 2. The molecule has 2 heteroatoms. The Hall–Kier alpha value is -0.630. The van der Waals surface area contributed by atoms with Crippen LogP contribution in [0.3, 0.4) is 0 Å². The number of hydrogen-bond donors (Lipinski definition) is 1. The molecule has 0 radical (unpaired) electrons. The van der Waals surface area contributed by atoms with Gasteiger partial charge in [-0.2, -0.15) is 0 Å². The highest BCUT2D eigenvalue weighted by Gasteiger charge is 2.82. The van der Waals surface area contributed by atoms with E-state index in [0.29, 0.717) is 39.9 Å². The molecule has 2 spiro atoms. The van der Waals surface area contributed by atoms with Crippen LogP contribution in [0, 0.1) is 50.7 Å². The molecule has 32 heavy (non-hydrogen) atoms. The van der Waals surface area contributed by atoms with Crippen LogP contribution in [0.15, 0.2) is 12.2 Å². The zero-order valence-electron chi connectivity index (χ0n) is 21.7. The minimum atomic E-state index is -0.115. The molecule has 2 nitrogen and oxygen atoms in total. The lowest BCUT2D eigenvalue weighted by Gasteiger charge is -2.63. The van der Waals surface area contributed by atoms with Crippen LogP contribution < -0.4 is 0 Å². The minimum absolute atomic E-state index is 0.0803. The average Bonchev–Trinajstić information content (AvgIpc) is 3.31. The summed E-state index contributed by atoms with van der Waals surface area (Å²) in [5.74, 6) is 3.20. The first-order valence-electron chi connectivity index (χ1n) is 13.7. The van der Waals surface area contributed by atoms with Gasteiger partial charge in [-0.05, 0) is 127 Å². The molecule has 0 heterocycles. The summed E-state index contributed by atoms with van der Waals surface area (Å²) in [5.41, 5.74) is 2.75. The molecule has 0 bridgehead atoms. The molecule has 5 saturated carbocycles. The SMILES string of the molecule is C=C(C)C(=O)CCC(C)C1CCC2(C)C3CCC4C(C)(C)C(O)CCC45CC35CCC12C. The fourth-order valence-corrected chi connectivity index (χ4v) is 11.1. The summed E-state index contributed by atoms with van der Waals surface area (Å²) in [7, 11) is 0. The molecule has 180 valence electrons. The van der Waals surface area contributed by atoms with Crippen molar-refractivity contribution in [2.45, 2.75) is 118 Å². The number of allylic oxidation sites excluding steroid dienone is 1. The second-order valence-corrected chi connectivity index (χ2v) is 14.2. The molecule has 5 rings (SSSR count). The van der Waals surface area contributed by atoms with Crippen molar-refractivity contribution in [2.24, 2.45) is 50.7 Å². The number of aliphatic hydroxyl groups excluding tert-OH is 1. The van der Waals surface area contributed by atoms with E-state index in [1.807, 2.05) is 6.92 Å².